The van der Waals surface area contributed by atoms with Crippen LogP contribution in [-0.4, -0.2) is 18.9 Å². The van der Waals surface area contributed by atoms with Gasteiger partial charge in [-0.25, -0.2) is 0 Å². The van der Waals surface area contributed by atoms with Crippen LogP contribution >= 0.6 is 0 Å². The molecule has 1 heterocycles. The normalized spacial score (nSPS) is 29.2. The summed E-state index contributed by atoms with van der Waals surface area (Å²) in [5.41, 5.74) is 1.06. The van der Waals surface area contributed by atoms with Crippen molar-refractivity contribution in [3.05, 3.63) is 11.6 Å². The van der Waals surface area contributed by atoms with E-state index in [0.29, 0.717) is 5.78 Å². The first-order valence-corrected chi connectivity index (χ1v) is 8.23. The van der Waals surface area contributed by atoms with Crippen LogP contribution in [0.2, 0.25) is 0 Å². The molecule has 2 nitrogen and oxygen atoms in total. The largest absolute Gasteiger partial charge is 0.316 e. The minimum atomic E-state index is -0.0853. The summed E-state index contributed by atoms with van der Waals surface area (Å²) in [6.45, 7) is 4.19. The molecule has 1 aliphatic carbocycles. The highest BCUT2D eigenvalue weighted by Gasteiger charge is 2.39. The molecule has 2 rings (SSSR count). The molecule has 1 atom stereocenters. The van der Waals surface area contributed by atoms with Crippen molar-refractivity contribution in [2.45, 2.75) is 71.1 Å². The molecular formula is C17H29NO. The van der Waals surface area contributed by atoms with Gasteiger partial charge in [-0.15, -0.1) is 0 Å². The number of carbonyl (C=O) groups excluding carboxylic acids is 1. The Bertz CT molecular complexity index is 321. The average molecular weight is 263 g/mol. The van der Waals surface area contributed by atoms with Gasteiger partial charge in [-0.1, -0.05) is 32.3 Å². The topological polar surface area (TPSA) is 29.1 Å². The second kappa shape index (κ2) is 7.23. The van der Waals surface area contributed by atoms with Gasteiger partial charge in [0.2, 0.25) is 0 Å². The van der Waals surface area contributed by atoms with Crippen molar-refractivity contribution in [1.29, 1.82) is 0 Å². The SMILES string of the molecule is CCCC1(C(=O)C2=CCCCCCC2)CCCNC1. The van der Waals surface area contributed by atoms with Gasteiger partial charge in [-0.05, 0) is 57.1 Å². The van der Waals surface area contributed by atoms with E-state index < -0.39 is 0 Å². The first-order chi connectivity index (χ1) is 9.28. The quantitative estimate of drug-likeness (QED) is 0.830. The molecule has 0 amide bonds. The van der Waals surface area contributed by atoms with Gasteiger partial charge in [0.25, 0.3) is 0 Å². The molecule has 1 N–H and O–H groups in total. The molecule has 2 aliphatic rings. The van der Waals surface area contributed by atoms with Gasteiger partial charge in [0, 0.05) is 12.0 Å². The van der Waals surface area contributed by atoms with E-state index >= 15 is 0 Å². The minimum Gasteiger partial charge on any atom is -0.316 e. The third kappa shape index (κ3) is 3.68. The lowest BCUT2D eigenvalue weighted by Gasteiger charge is -2.37. The van der Waals surface area contributed by atoms with E-state index in [9.17, 15) is 4.79 Å². The Balaban J connectivity index is 2.13. The fraction of sp³-hybridized carbons (Fsp3) is 0.824. The average Bonchev–Trinajstić information content (AvgIpc) is 2.39. The molecular weight excluding hydrogens is 234 g/mol. The van der Waals surface area contributed by atoms with Crippen LogP contribution in [0.4, 0.5) is 0 Å². The highest BCUT2D eigenvalue weighted by Crippen LogP contribution is 2.36. The van der Waals surface area contributed by atoms with Gasteiger partial charge >= 0.3 is 0 Å². The number of ketones is 1. The number of hydrogen-bond acceptors (Lipinski definition) is 2. The maximum Gasteiger partial charge on any atom is 0.165 e. The lowest BCUT2D eigenvalue weighted by molar-refractivity contribution is -0.126. The Hall–Kier alpha value is -0.630. The summed E-state index contributed by atoms with van der Waals surface area (Å²) in [6, 6.07) is 0. The molecule has 0 bridgehead atoms. The predicted molar refractivity (Wildman–Crippen MR) is 80.2 cm³/mol. The van der Waals surface area contributed by atoms with Gasteiger partial charge in [0.15, 0.2) is 5.78 Å². The van der Waals surface area contributed by atoms with Gasteiger partial charge < -0.3 is 5.32 Å². The third-order valence-corrected chi connectivity index (χ3v) is 4.77. The van der Waals surface area contributed by atoms with Crippen molar-refractivity contribution in [3.8, 4) is 0 Å². The molecule has 0 spiro atoms. The highest BCUT2D eigenvalue weighted by atomic mass is 16.1. The molecule has 1 unspecified atom stereocenters. The van der Waals surface area contributed by atoms with E-state index in [2.05, 4.69) is 18.3 Å². The van der Waals surface area contributed by atoms with Crippen LogP contribution in [0, 0.1) is 5.41 Å². The zero-order valence-electron chi connectivity index (χ0n) is 12.5. The van der Waals surface area contributed by atoms with Crippen molar-refractivity contribution in [3.63, 3.8) is 0 Å². The van der Waals surface area contributed by atoms with Crippen molar-refractivity contribution in [2.75, 3.05) is 13.1 Å². The molecule has 0 aromatic carbocycles. The summed E-state index contributed by atoms with van der Waals surface area (Å²) in [4.78, 5) is 13.0. The molecule has 0 aromatic rings. The molecule has 0 aromatic heterocycles. The van der Waals surface area contributed by atoms with Crippen LogP contribution in [0.25, 0.3) is 0 Å². The molecule has 108 valence electrons. The maximum absolute atomic E-state index is 13.0. The van der Waals surface area contributed by atoms with Crippen molar-refractivity contribution >= 4 is 5.78 Å². The Morgan fingerprint density at radius 3 is 2.84 bits per heavy atom. The van der Waals surface area contributed by atoms with E-state index in [1.54, 1.807) is 0 Å². The second-order valence-electron chi connectivity index (χ2n) is 6.32. The van der Waals surface area contributed by atoms with Crippen LogP contribution < -0.4 is 5.32 Å². The fourth-order valence-corrected chi connectivity index (χ4v) is 3.71. The number of carbonyl (C=O) groups is 1. The van der Waals surface area contributed by atoms with Crippen molar-refractivity contribution in [2.24, 2.45) is 5.41 Å². The number of piperidine rings is 1. The van der Waals surface area contributed by atoms with E-state index in [0.717, 1.165) is 57.2 Å². The van der Waals surface area contributed by atoms with E-state index in [1.165, 1.54) is 25.7 Å². The number of allylic oxidation sites excluding steroid dienone is 2. The number of rotatable bonds is 4. The minimum absolute atomic E-state index is 0.0853. The molecule has 19 heavy (non-hydrogen) atoms. The number of hydrogen-bond donors (Lipinski definition) is 1. The Labute approximate surface area is 118 Å². The standard InChI is InChI=1S/C17H29NO/c1-2-11-17(12-8-13-18-14-17)16(19)15-9-6-4-3-5-7-10-15/h9,18H,2-8,10-14H2,1H3. The van der Waals surface area contributed by atoms with E-state index in [-0.39, 0.29) is 5.41 Å². The Morgan fingerprint density at radius 1 is 1.26 bits per heavy atom. The third-order valence-electron chi connectivity index (χ3n) is 4.77. The smallest absolute Gasteiger partial charge is 0.165 e. The summed E-state index contributed by atoms with van der Waals surface area (Å²) in [5, 5.41) is 3.46. The summed E-state index contributed by atoms with van der Waals surface area (Å²) in [7, 11) is 0. The van der Waals surface area contributed by atoms with Crippen LogP contribution in [-0.2, 0) is 4.79 Å². The Morgan fingerprint density at radius 2 is 2.11 bits per heavy atom. The zero-order valence-corrected chi connectivity index (χ0v) is 12.5. The zero-order chi connectivity index (χ0) is 13.6. The number of Topliss-reactive ketones (excluding diaryl/α,β-unsaturated/α-hetero) is 1. The highest BCUT2D eigenvalue weighted by molar-refractivity contribution is 6.00. The van der Waals surface area contributed by atoms with Crippen LogP contribution in [0.15, 0.2) is 11.6 Å². The van der Waals surface area contributed by atoms with E-state index in [1.807, 2.05) is 0 Å². The molecule has 2 heteroatoms. The summed E-state index contributed by atoms with van der Waals surface area (Å²) < 4.78 is 0. The van der Waals surface area contributed by atoms with Crippen LogP contribution in [0.1, 0.15) is 71.1 Å². The summed E-state index contributed by atoms with van der Waals surface area (Å²) in [5.74, 6) is 0.475. The summed E-state index contributed by atoms with van der Waals surface area (Å²) in [6.07, 6.45) is 13.9. The monoisotopic (exact) mass is 263 g/mol. The molecule has 1 fully saturated rings. The van der Waals surface area contributed by atoms with Gasteiger partial charge in [0.1, 0.15) is 0 Å². The number of nitrogens with one attached hydrogen (secondary N) is 1. The first kappa shape index (κ1) is 14.8. The van der Waals surface area contributed by atoms with Gasteiger partial charge in [-0.3, -0.25) is 4.79 Å². The van der Waals surface area contributed by atoms with Crippen molar-refractivity contribution < 1.29 is 4.79 Å². The molecule has 1 saturated heterocycles. The first-order valence-electron chi connectivity index (χ1n) is 8.23. The van der Waals surface area contributed by atoms with Crippen LogP contribution in [0.3, 0.4) is 0 Å². The molecule has 1 aliphatic heterocycles. The van der Waals surface area contributed by atoms with Gasteiger partial charge in [-0.2, -0.15) is 0 Å². The van der Waals surface area contributed by atoms with Crippen LogP contribution in [0.5, 0.6) is 0 Å². The second-order valence-corrected chi connectivity index (χ2v) is 6.32. The lowest BCUT2D eigenvalue weighted by Crippen LogP contribution is -2.46. The maximum atomic E-state index is 13.0. The summed E-state index contributed by atoms with van der Waals surface area (Å²) >= 11 is 0. The predicted octanol–water partition coefficient (Wildman–Crippen LogP) is 4.01. The lowest BCUT2D eigenvalue weighted by atomic mass is 9.70. The fourth-order valence-electron chi connectivity index (χ4n) is 3.71. The molecule has 0 radical (unpaired) electrons. The molecule has 0 saturated carbocycles. The van der Waals surface area contributed by atoms with Gasteiger partial charge in [0.05, 0.1) is 0 Å². The Kier molecular flexibility index (Phi) is 5.62. The van der Waals surface area contributed by atoms with E-state index in [4.69, 9.17) is 0 Å². The van der Waals surface area contributed by atoms with Crippen molar-refractivity contribution in [1.82, 2.24) is 5.32 Å².